The smallest absolute Gasteiger partial charge is 0.125 e. The number of halogens is 2. The van der Waals surface area contributed by atoms with Crippen LogP contribution in [0.5, 0.6) is 0 Å². The van der Waals surface area contributed by atoms with E-state index >= 15 is 0 Å². The van der Waals surface area contributed by atoms with Crippen molar-refractivity contribution < 1.29 is 0 Å². The van der Waals surface area contributed by atoms with Crippen molar-refractivity contribution in [2.75, 3.05) is 0 Å². The van der Waals surface area contributed by atoms with Gasteiger partial charge in [-0.05, 0) is 26.2 Å². The first-order valence-electron chi connectivity index (χ1n) is 11.2. The van der Waals surface area contributed by atoms with Crippen LogP contribution in [0.15, 0.2) is 96.4 Å². The minimum atomic E-state index is -1.55. The summed E-state index contributed by atoms with van der Waals surface area (Å²) >= 11 is 9.08. The molecule has 5 heteroatoms. The van der Waals surface area contributed by atoms with Gasteiger partial charge in [0.25, 0.3) is 0 Å². The highest BCUT2D eigenvalue weighted by Gasteiger charge is 2.29. The molecule has 0 saturated carbocycles. The highest BCUT2D eigenvalue weighted by atomic mass is 79.9. The molecule has 0 aliphatic carbocycles. The number of thiophene rings is 1. The van der Waals surface area contributed by atoms with Crippen molar-refractivity contribution in [1.29, 1.82) is 0 Å². The molecular formula is C28H32Br2SSi2. The standard InChI is InChI=1S/C15H17BrSi.C13H15BrSSi/c1-17(2,14-9-4-3-5-10-14)15-11-7-6-8-13(15)12-16;1-16(2,13-8-5-9-15-13)12-7-4-3-6-11(12)10-14/h3-11H,12H2,1-2H3;3-9H,10H2,1-2H3. The van der Waals surface area contributed by atoms with E-state index in [4.69, 9.17) is 0 Å². The highest BCUT2D eigenvalue weighted by Crippen LogP contribution is 2.14. The predicted octanol–water partition coefficient (Wildman–Crippen LogP) is 6.87. The molecule has 0 amide bonds. The molecule has 0 atom stereocenters. The summed E-state index contributed by atoms with van der Waals surface area (Å²) in [5.41, 5.74) is 2.86. The minimum Gasteiger partial charge on any atom is -0.153 e. The molecule has 1 aromatic heterocycles. The summed E-state index contributed by atoms with van der Waals surface area (Å²) in [6, 6.07) is 32.9. The maximum absolute atomic E-state index is 3.60. The highest BCUT2D eigenvalue weighted by molar-refractivity contribution is 9.08. The molecule has 0 fully saturated rings. The Morgan fingerprint density at radius 2 is 1.06 bits per heavy atom. The van der Waals surface area contributed by atoms with E-state index in [1.54, 1.807) is 9.69 Å². The van der Waals surface area contributed by atoms with Gasteiger partial charge < -0.3 is 0 Å². The first kappa shape index (κ1) is 26.4. The quantitative estimate of drug-likeness (QED) is 0.164. The monoisotopic (exact) mass is 614 g/mol. The van der Waals surface area contributed by atoms with Crippen LogP contribution >= 0.6 is 43.2 Å². The maximum Gasteiger partial charge on any atom is 0.125 e. The number of hydrogen-bond donors (Lipinski definition) is 0. The number of alkyl halides is 2. The Kier molecular flexibility index (Phi) is 9.54. The van der Waals surface area contributed by atoms with Crippen molar-refractivity contribution in [2.45, 2.75) is 36.8 Å². The van der Waals surface area contributed by atoms with Crippen molar-refractivity contribution in [3.8, 4) is 0 Å². The van der Waals surface area contributed by atoms with Crippen LogP contribution < -0.4 is 20.1 Å². The molecule has 172 valence electrons. The molecule has 0 aliphatic rings. The molecule has 4 rings (SSSR count). The summed E-state index contributed by atoms with van der Waals surface area (Å²) in [6.07, 6.45) is 0. The van der Waals surface area contributed by atoms with Crippen molar-refractivity contribution in [2.24, 2.45) is 0 Å². The van der Waals surface area contributed by atoms with Gasteiger partial charge in [0.15, 0.2) is 0 Å². The lowest BCUT2D eigenvalue weighted by Crippen LogP contribution is -2.54. The summed E-state index contributed by atoms with van der Waals surface area (Å²) < 4.78 is 1.56. The van der Waals surface area contributed by atoms with E-state index in [2.05, 4.69) is 154 Å². The number of hydrogen-bond acceptors (Lipinski definition) is 1. The molecule has 0 nitrogen and oxygen atoms in total. The molecule has 0 N–H and O–H groups in total. The van der Waals surface area contributed by atoms with Gasteiger partial charge in [-0.15, -0.1) is 0 Å². The molecule has 3 aromatic carbocycles. The van der Waals surface area contributed by atoms with E-state index < -0.39 is 16.1 Å². The van der Waals surface area contributed by atoms with E-state index in [1.165, 1.54) is 21.5 Å². The van der Waals surface area contributed by atoms with Crippen molar-refractivity contribution in [3.05, 3.63) is 108 Å². The fourth-order valence-electron chi connectivity index (χ4n) is 4.27. The SMILES string of the molecule is C[Si](C)(c1ccccc1)c1ccccc1CBr.C[Si](C)(c1cccs1)c1ccccc1CBr. The summed E-state index contributed by atoms with van der Waals surface area (Å²) in [5.74, 6) is 0. The molecular weight excluding hydrogens is 584 g/mol. The fourth-order valence-corrected chi connectivity index (χ4v) is 13.0. The van der Waals surface area contributed by atoms with Crippen molar-refractivity contribution >= 4 is 79.4 Å². The second-order valence-electron chi connectivity index (χ2n) is 9.17. The largest absolute Gasteiger partial charge is 0.153 e. The zero-order chi connectivity index (χ0) is 23.9. The topological polar surface area (TPSA) is 0 Å². The van der Waals surface area contributed by atoms with Gasteiger partial charge in [-0.3, -0.25) is 0 Å². The molecule has 0 radical (unpaired) electrons. The lowest BCUT2D eigenvalue weighted by atomic mass is 10.2. The number of benzene rings is 3. The minimum absolute atomic E-state index is 0.937. The van der Waals surface area contributed by atoms with Gasteiger partial charge in [-0.25, -0.2) is 0 Å². The summed E-state index contributed by atoms with van der Waals surface area (Å²) in [7, 11) is -3.03. The van der Waals surface area contributed by atoms with Gasteiger partial charge in [0, 0.05) is 10.7 Å². The van der Waals surface area contributed by atoms with Crippen LogP contribution in [0, 0.1) is 0 Å². The predicted molar refractivity (Wildman–Crippen MR) is 162 cm³/mol. The van der Waals surface area contributed by atoms with E-state index in [0.29, 0.717) is 0 Å². The van der Waals surface area contributed by atoms with Gasteiger partial charge in [0.2, 0.25) is 0 Å². The lowest BCUT2D eigenvalue weighted by molar-refractivity contribution is 1.46. The Morgan fingerprint density at radius 3 is 1.55 bits per heavy atom. The van der Waals surface area contributed by atoms with Crippen LogP contribution in [0.1, 0.15) is 11.1 Å². The van der Waals surface area contributed by atoms with E-state index in [9.17, 15) is 0 Å². The Balaban J connectivity index is 0.000000186. The first-order valence-corrected chi connectivity index (χ1v) is 20.3. The average molecular weight is 617 g/mol. The molecule has 1 heterocycles. The average Bonchev–Trinajstić information content (AvgIpc) is 3.41. The lowest BCUT2D eigenvalue weighted by Gasteiger charge is -2.26. The molecule has 0 bridgehead atoms. The van der Waals surface area contributed by atoms with Gasteiger partial charge in [-0.2, -0.15) is 11.3 Å². The van der Waals surface area contributed by atoms with Crippen molar-refractivity contribution in [3.63, 3.8) is 0 Å². The Morgan fingerprint density at radius 1 is 0.576 bits per heavy atom. The van der Waals surface area contributed by atoms with Gasteiger partial charge in [0.1, 0.15) is 16.1 Å². The van der Waals surface area contributed by atoms with Gasteiger partial charge >= 0.3 is 0 Å². The first-order chi connectivity index (χ1) is 15.8. The molecule has 0 aliphatic heterocycles. The zero-order valence-electron chi connectivity index (χ0n) is 19.8. The van der Waals surface area contributed by atoms with Gasteiger partial charge in [0.05, 0.1) is 0 Å². The Hall–Kier alpha value is -1.25. The van der Waals surface area contributed by atoms with Crippen LogP contribution in [0.3, 0.4) is 0 Å². The van der Waals surface area contributed by atoms with Crippen molar-refractivity contribution in [1.82, 2.24) is 0 Å². The van der Waals surface area contributed by atoms with Gasteiger partial charge in [-0.1, -0.05) is 159 Å². The van der Waals surface area contributed by atoms with Crippen LogP contribution in [0.2, 0.25) is 26.2 Å². The molecule has 0 saturated heterocycles. The maximum atomic E-state index is 3.60. The van der Waals surface area contributed by atoms with Crippen LogP contribution in [0.4, 0.5) is 0 Å². The third kappa shape index (κ3) is 6.26. The van der Waals surface area contributed by atoms with Crippen LogP contribution in [0.25, 0.3) is 0 Å². The molecule has 33 heavy (non-hydrogen) atoms. The van der Waals surface area contributed by atoms with Crippen LogP contribution in [-0.4, -0.2) is 16.1 Å². The van der Waals surface area contributed by atoms with Crippen LogP contribution in [-0.2, 0) is 10.7 Å². The number of rotatable bonds is 6. The van der Waals surface area contributed by atoms with E-state index in [1.807, 2.05) is 11.3 Å². The second-order valence-corrected chi connectivity index (χ2v) is 20.3. The fraction of sp³-hybridized carbons (Fsp3) is 0.214. The third-order valence-corrected chi connectivity index (χ3v) is 16.9. The molecule has 0 unspecified atom stereocenters. The third-order valence-electron chi connectivity index (χ3n) is 6.30. The zero-order valence-corrected chi connectivity index (χ0v) is 25.8. The molecule has 4 aromatic rings. The van der Waals surface area contributed by atoms with E-state index in [-0.39, 0.29) is 0 Å². The Labute approximate surface area is 222 Å². The summed E-state index contributed by atoms with van der Waals surface area (Å²) in [4.78, 5) is 0. The van der Waals surface area contributed by atoms with E-state index in [0.717, 1.165) is 10.7 Å². The molecule has 0 spiro atoms. The summed E-state index contributed by atoms with van der Waals surface area (Å²) in [6.45, 7) is 9.70. The second kappa shape index (κ2) is 11.9. The summed E-state index contributed by atoms with van der Waals surface area (Å²) in [5, 5.41) is 8.64. The Bertz CT molecular complexity index is 1140. The normalized spacial score (nSPS) is 11.6.